The molecule has 0 saturated carbocycles. The van der Waals surface area contributed by atoms with Crippen LogP contribution in [0.5, 0.6) is 11.5 Å². The molecule has 0 amide bonds. The molecule has 1 N–H and O–H groups in total. The van der Waals surface area contributed by atoms with Crippen LogP contribution in [0.15, 0.2) is 18.2 Å². The summed E-state index contributed by atoms with van der Waals surface area (Å²) in [7, 11) is 2.92. The third-order valence-corrected chi connectivity index (χ3v) is 2.81. The number of aromatic carboxylic acids is 1. The minimum atomic E-state index is -1.14. The maximum Gasteiger partial charge on any atom is 0.354 e. The van der Waals surface area contributed by atoms with Crippen LogP contribution in [0.3, 0.4) is 0 Å². The number of aromatic nitrogens is 1. The van der Waals surface area contributed by atoms with Gasteiger partial charge in [0.1, 0.15) is 17.0 Å². The lowest BCUT2D eigenvalue weighted by atomic mass is 10.1. The fraction of sp³-hybridized carbons (Fsp3) is 0.167. The number of fused-ring (bicyclic) bond motifs is 1. The van der Waals surface area contributed by atoms with E-state index in [2.05, 4.69) is 4.98 Å². The van der Waals surface area contributed by atoms with Gasteiger partial charge in [0.2, 0.25) is 0 Å². The molecule has 5 nitrogen and oxygen atoms in total. The number of hydrogen-bond acceptors (Lipinski definition) is 4. The normalized spacial score (nSPS) is 10.4. The first-order valence-corrected chi connectivity index (χ1v) is 5.40. The second-order valence-corrected chi connectivity index (χ2v) is 3.90. The van der Waals surface area contributed by atoms with E-state index in [1.807, 2.05) is 0 Å². The summed E-state index contributed by atoms with van der Waals surface area (Å²) < 4.78 is 10.3. The second kappa shape index (κ2) is 4.70. The van der Waals surface area contributed by atoms with Gasteiger partial charge in [0, 0.05) is 6.07 Å². The molecule has 0 bridgehead atoms. The zero-order valence-electron chi connectivity index (χ0n) is 9.73. The van der Waals surface area contributed by atoms with E-state index in [9.17, 15) is 4.79 Å². The first-order chi connectivity index (χ1) is 8.58. The topological polar surface area (TPSA) is 68.7 Å². The Labute approximate surface area is 108 Å². The molecule has 2 aromatic rings. The van der Waals surface area contributed by atoms with E-state index < -0.39 is 5.97 Å². The summed E-state index contributed by atoms with van der Waals surface area (Å²) in [5.41, 5.74) is 0.238. The van der Waals surface area contributed by atoms with E-state index in [0.29, 0.717) is 27.4 Å². The lowest BCUT2D eigenvalue weighted by molar-refractivity contribution is 0.0690. The number of carboxylic acid groups (broad SMARTS) is 1. The molecule has 0 aliphatic rings. The molecule has 0 saturated heterocycles. The molecule has 94 valence electrons. The lowest BCUT2D eigenvalue weighted by Gasteiger charge is -2.11. The van der Waals surface area contributed by atoms with Crippen molar-refractivity contribution in [3.05, 3.63) is 28.9 Å². The first-order valence-electron chi connectivity index (χ1n) is 5.03. The second-order valence-electron chi connectivity index (χ2n) is 3.49. The third kappa shape index (κ3) is 1.93. The van der Waals surface area contributed by atoms with Gasteiger partial charge in [-0.1, -0.05) is 11.6 Å². The number of benzene rings is 1. The van der Waals surface area contributed by atoms with Gasteiger partial charge in [-0.3, -0.25) is 0 Å². The Morgan fingerprint density at radius 3 is 2.50 bits per heavy atom. The largest absolute Gasteiger partial charge is 0.496 e. The van der Waals surface area contributed by atoms with Gasteiger partial charge in [0.05, 0.1) is 24.6 Å². The first kappa shape index (κ1) is 12.4. The lowest BCUT2D eigenvalue weighted by Crippen LogP contribution is -2.02. The van der Waals surface area contributed by atoms with Crippen molar-refractivity contribution in [1.29, 1.82) is 0 Å². The van der Waals surface area contributed by atoms with E-state index in [-0.39, 0.29) is 5.69 Å². The monoisotopic (exact) mass is 267 g/mol. The molecular formula is C12H10ClNO4. The average Bonchev–Trinajstić information content (AvgIpc) is 2.37. The van der Waals surface area contributed by atoms with Crippen LogP contribution in [-0.4, -0.2) is 30.3 Å². The van der Waals surface area contributed by atoms with E-state index in [1.54, 1.807) is 12.1 Å². The minimum Gasteiger partial charge on any atom is -0.496 e. The van der Waals surface area contributed by atoms with Crippen molar-refractivity contribution in [2.75, 3.05) is 14.2 Å². The van der Waals surface area contributed by atoms with Crippen molar-refractivity contribution in [3.8, 4) is 11.5 Å². The molecule has 18 heavy (non-hydrogen) atoms. The highest BCUT2D eigenvalue weighted by Crippen LogP contribution is 2.36. The maximum absolute atomic E-state index is 11.0. The molecule has 0 radical (unpaired) electrons. The Bertz CT molecular complexity index is 627. The number of carbonyl (C=O) groups is 1. The van der Waals surface area contributed by atoms with Gasteiger partial charge in [-0.2, -0.15) is 0 Å². The molecule has 0 atom stereocenters. The summed E-state index contributed by atoms with van der Waals surface area (Å²) in [6, 6.07) is 4.60. The predicted molar refractivity (Wildman–Crippen MR) is 66.8 cm³/mol. The van der Waals surface area contributed by atoms with Crippen LogP contribution in [0, 0.1) is 0 Å². The fourth-order valence-electron chi connectivity index (χ4n) is 1.68. The zero-order valence-corrected chi connectivity index (χ0v) is 10.5. The van der Waals surface area contributed by atoms with E-state index >= 15 is 0 Å². The Morgan fingerprint density at radius 1 is 1.28 bits per heavy atom. The number of methoxy groups -OCH3 is 2. The van der Waals surface area contributed by atoms with Gasteiger partial charge in [0.25, 0.3) is 0 Å². The Hall–Kier alpha value is -2.01. The van der Waals surface area contributed by atoms with Gasteiger partial charge in [-0.15, -0.1) is 0 Å². The third-order valence-electron chi connectivity index (χ3n) is 2.50. The Morgan fingerprint density at radius 2 is 1.94 bits per heavy atom. The van der Waals surface area contributed by atoms with Crippen LogP contribution >= 0.6 is 11.6 Å². The molecule has 1 aromatic heterocycles. The molecule has 1 aromatic carbocycles. The van der Waals surface area contributed by atoms with Gasteiger partial charge >= 0.3 is 5.97 Å². The minimum absolute atomic E-state index is 0.125. The summed E-state index contributed by atoms with van der Waals surface area (Å²) in [5, 5.41) is 9.96. The van der Waals surface area contributed by atoms with E-state index in [4.69, 9.17) is 26.2 Å². The molecule has 0 unspecified atom stereocenters. The zero-order chi connectivity index (χ0) is 13.3. The number of carboxylic acids is 1. The summed E-state index contributed by atoms with van der Waals surface area (Å²) >= 11 is 6.08. The van der Waals surface area contributed by atoms with Crippen molar-refractivity contribution in [2.24, 2.45) is 0 Å². The van der Waals surface area contributed by atoms with Crippen molar-refractivity contribution in [1.82, 2.24) is 4.98 Å². The van der Waals surface area contributed by atoms with Crippen LogP contribution in [-0.2, 0) is 0 Å². The number of rotatable bonds is 3. The van der Waals surface area contributed by atoms with Crippen molar-refractivity contribution in [3.63, 3.8) is 0 Å². The van der Waals surface area contributed by atoms with Gasteiger partial charge < -0.3 is 14.6 Å². The molecule has 1 heterocycles. The van der Waals surface area contributed by atoms with Crippen LogP contribution in [0.4, 0.5) is 0 Å². The highest BCUT2D eigenvalue weighted by Gasteiger charge is 2.16. The smallest absolute Gasteiger partial charge is 0.354 e. The summed E-state index contributed by atoms with van der Waals surface area (Å²) in [4.78, 5) is 15.0. The molecule has 0 aliphatic carbocycles. The number of halogens is 1. The highest BCUT2D eigenvalue weighted by molar-refractivity contribution is 6.36. The SMILES string of the molecule is COc1ccc(Cl)c2c(OC)cc(C(=O)O)nc12. The van der Waals surface area contributed by atoms with Crippen LogP contribution in [0.25, 0.3) is 10.9 Å². The van der Waals surface area contributed by atoms with E-state index in [1.165, 1.54) is 20.3 Å². The average molecular weight is 268 g/mol. The highest BCUT2D eigenvalue weighted by atomic mass is 35.5. The van der Waals surface area contributed by atoms with Crippen molar-refractivity contribution < 1.29 is 19.4 Å². The van der Waals surface area contributed by atoms with Crippen LogP contribution < -0.4 is 9.47 Å². The fourth-order valence-corrected chi connectivity index (χ4v) is 1.92. The summed E-state index contributed by atoms with van der Waals surface area (Å²) in [6.45, 7) is 0. The Balaban J connectivity index is 2.90. The number of ether oxygens (including phenoxy) is 2. The predicted octanol–water partition coefficient (Wildman–Crippen LogP) is 2.60. The van der Waals surface area contributed by atoms with Gasteiger partial charge in [0.15, 0.2) is 5.69 Å². The van der Waals surface area contributed by atoms with Crippen molar-refractivity contribution >= 4 is 28.5 Å². The maximum atomic E-state index is 11.0. The van der Waals surface area contributed by atoms with Gasteiger partial charge in [-0.25, -0.2) is 9.78 Å². The number of nitrogens with zero attached hydrogens (tertiary/aromatic N) is 1. The van der Waals surface area contributed by atoms with Crippen LogP contribution in [0.1, 0.15) is 10.5 Å². The van der Waals surface area contributed by atoms with Crippen molar-refractivity contribution in [2.45, 2.75) is 0 Å². The molecule has 0 fully saturated rings. The molecule has 0 spiro atoms. The molecular weight excluding hydrogens is 258 g/mol. The molecule has 2 rings (SSSR count). The summed E-state index contributed by atoms with van der Waals surface area (Å²) in [5.74, 6) is -0.352. The Kier molecular flexibility index (Phi) is 3.25. The quantitative estimate of drug-likeness (QED) is 0.926. The molecule has 0 aliphatic heterocycles. The standard InChI is InChI=1S/C12H10ClNO4/c1-17-8-4-3-6(13)10-9(18-2)5-7(12(15)16)14-11(8)10/h3-5H,1-2H3,(H,15,16). The van der Waals surface area contributed by atoms with E-state index in [0.717, 1.165) is 0 Å². The number of pyridine rings is 1. The van der Waals surface area contributed by atoms with Gasteiger partial charge in [-0.05, 0) is 12.1 Å². The summed E-state index contributed by atoms with van der Waals surface area (Å²) in [6.07, 6.45) is 0. The van der Waals surface area contributed by atoms with Crippen LogP contribution in [0.2, 0.25) is 5.02 Å². The number of hydrogen-bond donors (Lipinski definition) is 1. The molecule has 6 heteroatoms.